The highest BCUT2D eigenvalue weighted by molar-refractivity contribution is 7.89. The summed E-state index contributed by atoms with van der Waals surface area (Å²) in [5.41, 5.74) is 0.125. The zero-order valence-corrected chi connectivity index (χ0v) is 16.3. The second kappa shape index (κ2) is 8.59. The van der Waals surface area contributed by atoms with Gasteiger partial charge in [0.2, 0.25) is 10.0 Å². The number of thiophene rings is 1. The highest BCUT2D eigenvalue weighted by Gasteiger charge is 2.36. The molecule has 2 N–H and O–H groups in total. The third-order valence-corrected chi connectivity index (χ3v) is 6.71. The van der Waals surface area contributed by atoms with E-state index < -0.39 is 21.5 Å². The standard InChI is InChI=1S/C14H22N2O5S2.ClH/c1-10-7-22-11(13(17)21-3)12(10)23(18,19)16-8-14(9-20-2)5-4-6-15-14;/h7,15-16H,4-6,8-9H2,1-3H3;1H. The first-order chi connectivity index (χ1) is 10.9. The van der Waals surface area contributed by atoms with Crippen molar-refractivity contribution in [3.63, 3.8) is 0 Å². The Morgan fingerprint density at radius 2 is 2.17 bits per heavy atom. The molecule has 138 valence electrons. The molecule has 7 nitrogen and oxygen atoms in total. The largest absolute Gasteiger partial charge is 0.465 e. The summed E-state index contributed by atoms with van der Waals surface area (Å²) in [5, 5.41) is 4.95. The lowest BCUT2D eigenvalue weighted by atomic mass is 9.99. The number of methoxy groups -OCH3 is 2. The fraction of sp³-hybridized carbons (Fsp3) is 0.643. The molecule has 1 unspecified atom stereocenters. The molecule has 0 bridgehead atoms. The van der Waals surface area contributed by atoms with Gasteiger partial charge in [-0.15, -0.1) is 23.7 Å². The summed E-state index contributed by atoms with van der Waals surface area (Å²) >= 11 is 1.07. The van der Waals surface area contributed by atoms with E-state index >= 15 is 0 Å². The summed E-state index contributed by atoms with van der Waals surface area (Å²) < 4.78 is 37.9. The molecule has 1 aliphatic rings. The number of aryl methyl sites for hydroxylation is 1. The van der Waals surface area contributed by atoms with Crippen LogP contribution < -0.4 is 10.0 Å². The molecule has 0 radical (unpaired) electrons. The van der Waals surface area contributed by atoms with Crippen LogP contribution >= 0.6 is 23.7 Å². The molecule has 2 rings (SSSR count). The second-order valence-corrected chi connectivity index (χ2v) is 8.22. The summed E-state index contributed by atoms with van der Waals surface area (Å²) in [5.74, 6) is -0.644. The maximum Gasteiger partial charge on any atom is 0.349 e. The van der Waals surface area contributed by atoms with E-state index in [0.717, 1.165) is 30.7 Å². The van der Waals surface area contributed by atoms with Crippen molar-refractivity contribution in [3.05, 3.63) is 15.8 Å². The van der Waals surface area contributed by atoms with Crippen molar-refractivity contribution in [1.82, 2.24) is 10.0 Å². The number of hydrogen-bond acceptors (Lipinski definition) is 7. The SMILES string of the molecule is COCC1(CNS(=O)(=O)c2c(C)csc2C(=O)OC)CCCN1.Cl. The van der Waals surface area contributed by atoms with Gasteiger partial charge in [0.25, 0.3) is 0 Å². The topological polar surface area (TPSA) is 93.7 Å². The zero-order chi connectivity index (χ0) is 17.1. The van der Waals surface area contributed by atoms with E-state index in [0.29, 0.717) is 12.2 Å². The van der Waals surface area contributed by atoms with Crippen LogP contribution in [-0.2, 0) is 19.5 Å². The minimum Gasteiger partial charge on any atom is -0.465 e. The molecule has 1 aliphatic heterocycles. The highest BCUT2D eigenvalue weighted by atomic mass is 35.5. The number of carbonyl (C=O) groups is 1. The summed E-state index contributed by atoms with van der Waals surface area (Å²) in [6, 6.07) is 0. The lowest BCUT2D eigenvalue weighted by Gasteiger charge is -2.28. The Balaban J connectivity index is 0.00000288. The van der Waals surface area contributed by atoms with Crippen molar-refractivity contribution >= 4 is 39.7 Å². The van der Waals surface area contributed by atoms with Crippen molar-refractivity contribution < 1.29 is 22.7 Å². The fourth-order valence-corrected chi connectivity index (χ4v) is 5.61. The Labute approximate surface area is 152 Å². The molecule has 0 spiro atoms. The van der Waals surface area contributed by atoms with Crippen LogP contribution in [0.4, 0.5) is 0 Å². The number of esters is 1. The number of halogens is 1. The van der Waals surface area contributed by atoms with Gasteiger partial charge in [-0.1, -0.05) is 0 Å². The smallest absolute Gasteiger partial charge is 0.349 e. The van der Waals surface area contributed by atoms with Gasteiger partial charge in [0.1, 0.15) is 9.77 Å². The summed E-state index contributed by atoms with van der Waals surface area (Å²) in [6.45, 7) is 3.12. The first-order valence-corrected chi connectivity index (χ1v) is 9.61. The number of rotatable bonds is 7. The van der Waals surface area contributed by atoms with Crippen molar-refractivity contribution in [1.29, 1.82) is 0 Å². The lowest BCUT2D eigenvalue weighted by Crippen LogP contribution is -2.53. The number of carbonyl (C=O) groups excluding carboxylic acids is 1. The molecule has 1 saturated heterocycles. The maximum atomic E-state index is 12.7. The van der Waals surface area contributed by atoms with Gasteiger partial charge in [-0.05, 0) is 37.3 Å². The molecular weight excluding hydrogens is 376 g/mol. The predicted octanol–water partition coefficient (Wildman–Crippen LogP) is 1.31. The molecule has 0 saturated carbocycles. The molecular formula is C14H23ClN2O5S2. The third kappa shape index (κ3) is 4.47. The van der Waals surface area contributed by atoms with E-state index in [-0.39, 0.29) is 28.7 Å². The molecule has 1 aromatic heterocycles. The van der Waals surface area contributed by atoms with Gasteiger partial charge in [0.15, 0.2) is 0 Å². The zero-order valence-electron chi connectivity index (χ0n) is 13.9. The first kappa shape index (κ1) is 21.3. The number of hydrogen-bond donors (Lipinski definition) is 2. The van der Waals surface area contributed by atoms with Crippen LogP contribution in [0.5, 0.6) is 0 Å². The molecule has 0 aromatic carbocycles. The Morgan fingerprint density at radius 3 is 2.71 bits per heavy atom. The van der Waals surface area contributed by atoms with Crippen LogP contribution in [-0.4, -0.2) is 53.8 Å². The van der Waals surface area contributed by atoms with Crippen LogP contribution in [0.25, 0.3) is 0 Å². The van der Waals surface area contributed by atoms with Gasteiger partial charge in [-0.2, -0.15) is 0 Å². The first-order valence-electron chi connectivity index (χ1n) is 7.25. The predicted molar refractivity (Wildman–Crippen MR) is 94.7 cm³/mol. The average Bonchev–Trinajstić information content (AvgIpc) is 3.13. The lowest BCUT2D eigenvalue weighted by molar-refractivity contribution is 0.0602. The van der Waals surface area contributed by atoms with Gasteiger partial charge >= 0.3 is 5.97 Å². The van der Waals surface area contributed by atoms with Crippen LogP contribution in [0.1, 0.15) is 28.1 Å². The molecule has 1 aromatic rings. The van der Waals surface area contributed by atoms with Crippen molar-refractivity contribution in [2.75, 3.05) is 33.9 Å². The average molecular weight is 399 g/mol. The Kier molecular flexibility index (Phi) is 7.64. The highest BCUT2D eigenvalue weighted by Crippen LogP contribution is 2.28. The molecule has 1 fully saturated rings. The second-order valence-electron chi connectivity index (χ2n) is 5.64. The third-order valence-electron chi connectivity index (χ3n) is 3.91. The van der Waals surface area contributed by atoms with Crippen molar-refractivity contribution in [3.8, 4) is 0 Å². The van der Waals surface area contributed by atoms with E-state index in [1.807, 2.05) is 0 Å². The van der Waals surface area contributed by atoms with E-state index in [1.54, 1.807) is 19.4 Å². The van der Waals surface area contributed by atoms with Crippen molar-refractivity contribution in [2.24, 2.45) is 0 Å². The summed E-state index contributed by atoms with van der Waals surface area (Å²) in [6.07, 6.45) is 1.80. The Bertz CT molecular complexity index is 669. The normalized spacial score (nSPS) is 20.6. The van der Waals surface area contributed by atoms with E-state index in [1.165, 1.54) is 7.11 Å². The fourth-order valence-electron chi connectivity index (χ4n) is 2.78. The molecule has 2 heterocycles. The molecule has 0 aliphatic carbocycles. The summed E-state index contributed by atoms with van der Waals surface area (Å²) in [7, 11) is -0.988. The van der Waals surface area contributed by atoms with Crippen LogP contribution in [0.2, 0.25) is 0 Å². The molecule has 24 heavy (non-hydrogen) atoms. The van der Waals surface area contributed by atoms with Crippen LogP contribution in [0, 0.1) is 6.92 Å². The Hall–Kier alpha value is -0.710. The van der Waals surface area contributed by atoms with Gasteiger partial charge in [-0.25, -0.2) is 17.9 Å². The summed E-state index contributed by atoms with van der Waals surface area (Å²) in [4.78, 5) is 11.9. The maximum absolute atomic E-state index is 12.7. The Morgan fingerprint density at radius 1 is 1.46 bits per heavy atom. The van der Waals surface area contributed by atoms with E-state index in [9.17, 15) is 13.2 Å². The number of ether oxygens (including phenoxy) is 2. The number of nitrogens with one attached hydrogen (secondary N) is 2. The van der Waals surface area contributed by atoms with Gasteiger partial charge < -0.3 is 14.8 Å². The molecule has 1 atom stereocenters. The van der Waals surface area contributed by atoms with Crippen LogP contribution in [0.3, 0.4) is 0 Å². The van der Waals surface area contributed by atoms with Crippen LogP contribution in [0.15, 0.2) is 10.3 Å². The molecule has 10 heteroatoms. The minimum absolute atomic E-state index is 0. The monoisotopic (exact) mass is 398 g/mol. The van der Waals surface area contributed by atoms with E-state index in [4.69, 9.17) is 4.74 Å². The van der Waals surface area contributed by atoms with Crippen molar-refractivity contribution in [2.45, 2.75) is 30.2 Å². The van der Waals surface area contributed by atoms with Gasteiger partial charge in [0, 0.05) is 13.7 Å². The molecule has 0 amide bonds. The quantitative estimate of drug-likeness (QED) is 0.672. The number of sulfonamides is 1. The van der Waals surface area contributed by atoms with Gasteiger partial charge in [0.05, 0.1) is 19.3 Å². The van der Waals surface area contributed by atoms with Gasteiger partial charge in [-0.3, -0.25) is 0 Å². The van der Waals surface area contributed by atoms with E-state index in [2.05, 4.69) is 14.8 Å². The minimum atomic E-state index is -3.81.